The maximum Gasteiger partial charge on any atom is 0.325 e. The number of carbonyl (C=O) groups is 3. The minimum absolute atomic E-state index is 0.149. The molecule has 11 heteroatoms. The van der Waals surface area contributed by atoms with Gasteiger partial charge in [-0.1, -0.05) is 0 Å². The molecule has 1 aromatic carbocycles. The van der Waals surface area contributed by atoms with Gasteiger partial charge in [-0.2, -0.15) is 4.31 Å². The molecule has 164 valence electrons. The van der Waals surface area contributed by atoms with Gasteiger partial charge in [0, 0.05) is 18.8 Å². The third-order valence-electron chi connectivity index (χ3n) is 5.43. The predicted octanol–water partition coefficient (Wildman–Crippen LogP) is 1.47. The molecule has 2 aliphatic rings. The number of nitrogens with one attached hydrogen (secondary N) is 2. The Morgan fingerprint density at radius 2 is 1.84 bits per heavy atom. The van der Waals surface area contributed by atoms with E-state index >= 15 is 0 Å². The maximum atomic E-state index is 12.7. The van der Waals surface area contributed by atoms with Crippen LogP contribution in [0.1, 0.15) is 25.5 Å². The van der Waals surface area contributed by atoms with Crippen molar-refractivity contribution in [3.05, 3.63) is 48.4 Å². The molecule has 4 rings (SSSR count). The molecule has 31 heavy (non-hydrogen) atoms. The Kier molecular flexibility index (Phi) is 5.31. The third-order valence-corrected chi connectivity index (χ3v) is 7.34. The van der Waals surface area contributed by atoms with Gasteiger partial charge in [-0.05, 0) is 56.2 Å². The fraction of sp³-hybridized carbons (Fsp3) is 0.350. The molecular weight excluding hydrogens is 424 g/mol. The fourth-order valence-corrected chi connectivity index (χ4v) is 5.22. The molecule has 1 atom stereocenters. The Bertz CT molecular complexity index is 1110. The van der Waals surface area contributed by atoms with E-state index in [-0.39, 0.29) is 10.7 Å². The van der Waals surface area contributed by atoms with Gasteiger partial charge in [-0.25, -0.2) is 13.2 Å². The average molecular weight is 446 g/mol. The first kappa shape index (κ1) is 21.1. The number of furan rings is 1. The Hall–Kier alpha value is -3.18. The van der Waals surface area contributed by atoms with Crippen LogP contribution in [-0.4, -0.2) is 55.1 Å². The zero-order valence-corrected chi connectivity index (χ0v) is 17.6. The molecule has 4 amide bonds. The molecule has 3 heterocycles. The molecule has 0 saturated carbocycles. The number of sulfonamides is 1. The Morgan fingerprint density at radius 1 is 1.16 bits per heavy atom. The summed E-state index contributed by atoms with van der Waals surface area (Å²) in [6, 6.07) is 8.25. The summed E-state index contributed by atoms with van der Waals surface area (Å²) in [5.41, 5.74) is -1.03. The van der Waals surface area contributed by atoms with Gasteiger partial charge < -0.3 is 15.1 Å². The van der Waals surface area contributed by atoms with E-state index in [1.54, 1.807) is 12.1 Å². The highest BCUT2D eigenvalue weighted by Gasteiger charge is 2.51. The van der Waals surface area contributed by atoms with Gasteiger partial charge in [-0.15, -0.1) is 0 Å². The number of amides is 4. The van der Waals surface area contributed by atoms with Crippen LogP contribution in [0.3, 0.4) is 0 Å². The highest BCUT2D eigenvalue weighted by atomic mass is 32.2. The highest BCUT2D eigenvalue weighted by molar-refractivity contribution is 7.89. The smallest absolute Gasteiger partial charge is 0.325 e. The van der Waals surface area contributed by atoms with E-state index in [1.807, 2.05) is 0 Å². The largest absolute Gasteiger partial charge is 0.466 e. The summed E-state index contributed by atoms with van der Waals surface area (Å²) in [6.07, 6.45) is 3.08. The molecule has 0 spiro atoms. The first-order valence-electron chi connectivity index (χ1n) is 9.80. The Morgan fingerprint density at radius 3 is 2.45 bits per heavy atom. The van der Waals surface area contributed by atoms with E-state index in [0.29, 0.717) is 18.8 Å². The monoisotopic (exact) mass is 446 g/mol. The molecule has 2 saturated heterocycles. The lowest BCUT2D eigenvalue weighted by Crippen LogP contribution is -2.41. The Labute approximate surface area is 179 Å². The lowest BCUT2D eigenvalue weighted by atomic mass is 9.99. The number of hydrogen-bond acceptors (Lipinski definition) is 6. The molecule has 2 aliphatic heterocycles. The van der Waals surface area contributed by atoms with Gasteiger partial charge >= 0.3 is 6.03 Å². The van der Waals surface area contributed by atoms with Crippen LogP contribution in [0.4, 0.5) is 10.5 Å². The summed E-state index contributed by atoms with van der Waals surface area (Å²) in [7, 11) is -3.55. The van der Waals surface area contributed by atoms with Crippen molar-refractivity contribution in [3.8, 4) is 0 Å². The van der Waals surface area contributed by atoms with Crippen molar-refractivity contribution in [2.24, 2.45) is 0 Å². The van der Waals surface area contributed by atoms with Gasteiger partial charge in [0.25, 0.3) is 5.91 Å². The number of benzene rings is 1. The summed E-state index contributed by atoms with van der Waals surface area (Å²) < 4.78 is 31.8. The van der Waals surface area contributed by atoms with Crippen LogP contribution in [-0.2, 0) is 25.2 Å². The van der Waals surface area contributed by atoms with Crippen LogP contribution in [0.2, 0.25) is 0 Å². The molecule has 0 radical (unpaired) electrons. The van der Waals surface area contributed by atoms with Crippen molar-refractivity contribution >= 4 is 33.6 Å². The number of anilines is 1. The molecule has 1 aromatic heterocycles. The number of hydrogen-bond donors (Lipinski definition) is 2. The lowest BCUT2D eigenvalue weighted by Gasteiger charge is -2.19. The molecule has 2 fully saturated rings. The van der Waals surface area contributed by atoms with E-state index < -0.39 is 40.0 Å². The normalized spacial score (nSPS) is 22.0. The molecule has 2 aromatic rings. The molecule has 2 N–H and O–H groups in total. The van der Waals surface area contributed by atoms with Crippen LogP contribution in [0.5, 0.6) is 0 Å². The van der Waals surface area contributed by atoms with Crippen molar-refractivity contribution in [1.82, 2.24) is 14.5 Å². The quantitative estimate of drug-likeness (QED) is 0.647. The first-order chi connectivity index (χ1) is 14.7. The SMILES string of the molecule is CC1(c2ccco2)NC(=O)N(CC(=O)Nc2ccc(S(=O)(=O)N3CCCC3)cc2)C1=O. The van der Waals surface area contributed by atoms with E-state index in [9.17, 15) is 22.8 Å². The molecule has 0 bridgehead atoms. The van der Waals surface area contributed by atoms with Gasteiger partial charge in [0.15, 0.2) is 5.54 Å². The third kappa shape index (κ3) is 3.81. The van der Waals surface area contributed by atoms with Gasteiger partial charge in [0.2, 0.25) is 15.9 Å². The van der Waals surface area contributed by atoms with Crippen LogP contribution in [0, 0.1) is 0 Å². The van der Waals surface area contributed by atoms with Crippen LogP contribution < -0.4 is 10.6 Å². The second-order valence-electron chi connectivity index (χ2n) is 7.61. The van der Waals surface area contributed by atoms with Crippen LogP contribution >= 0.6 is 0 Å². The van der Waals surface area contributed by atoms with E-state index in [1.165, 1.54) is 41.8 Å². The van der Waals surface area contributed by atoms with Crippen molar-refractivity contribution < 1.29 is 27.2 Å². The van der Waals surface area contributed by atoms with Crippen LogP contribution in [0.25, 0.3) is 0 Å². The second-order valence-corrected chi connectivity index (χ2v) is 9.55. The van der Waals surface area contributed by atoms with Crippen LogP contribution in [0.15, 0.2) is 52.0 Å². The van der Waals surface area contributed by atoms with E-state index in [2.05, 4.69) is 10.6 Å². The number of carbonyl (C=O) groups excluding carboxylic acids is 3. The second kappa shape index (κ2) is 7.82. The molecule has 0 aliphatic carbocycles. The molecule has 10 nitrogen and oxygen atoms in total. The standard InChI is InChI=1S/C20H22N4O6S/c1-20(16-5-4-12-30-16)18(26)24(19(27)22-20)13-17(25)21-14-6-8-15(9-7-14)31(28,29)23-10-2-3-11-23/h4-9,12H,2-3,10-11,13H2,1H3,(H,21,25)(H,22,27). The van der Waals surface area contributed by atoms with Crippen molar-refractivity contribution in [2.75, 3.05) is 25.0 Å². The van der Waals surface area contributed by atoms with E-state index in [4.69, 9.17) is 4.42 Å². The molecular formula is C20H22N4O6S. The minimum Gasteiger partial charge on any atom is -0.466 e. The number of imide groups is 1. The van der Waals surface area contributed by atoms with Gasteiger partial charge in [0.05, 0.1) is 11.2 Å². The summed E-state index contributed by atoms with van der Waals surface area (Å²) >= 11 is 0. The summed E-state index contributed by atoms with van der Waals surface area (Å²) in [6.45, 7) is 2.02. The highest BCUT2D eigenvalue weighted by Crippen LogP contribution is 2.29. The number of urea groups is 1. The number of nitrogens with zero attached hydrogens (tertiary/aromatic N) is 2. The average Bonchev–Trinajstić information content (AvgIpc) is 3.49. The van der Waals surface area contributed by atoms with Gasteiger partial charge in [-0.3, -0.25) is 14.5 Å². The topological polar surface area (TPSA) is 129 Å². The maximum absolute atomic E-state index is 12.7. The van der Waals surface area contributed by atoms with Crippen molar-refractivity contribution in [1.29, 1.82) is 0 Å². The Balaban J connectivity index is 1.41. The summed E-state index contributed by atoms with van der Waals surface area (Å²) in [5, 5.41) is 5.12. The summed E-state index contributed by atoms with van der Waals surface area (Å²) in [5.74, 6) is -0.930. The number of rotatable bonds is 6. The van der Waals surface area contributed by atoms with Crippen molar-refractivity contribution in [3.63, 3.8) is 0 Å². The van der Waals surface area contributed by atoms with E-state index in [0.717, 1.165) is 17.7 Å². The van der Waals surface area contributed by atoms with Gasteiger partial charge in [0.1, 0.15) is 12.3 Å². The summed E-state index contributed by atoms with van der Waals surface area (Å²) in [4.78, 5) is 38.4. The predicted molar refractivity (Wildman–Crippen MR) is 109 cm³/mol. The zero-order chi connectivity index (χ0) is 22.2. The van der Waals surface area contributed by atoms with Crippen molar-refractivity contribution in [2.45, 2.75) is 30.2 Å². The minimum atomic E-state index is -3.55. The molecule has 1 unspecified atom stereocenters. The fourth-order valence-electron chi connectivity index (χ4n) is 3.70. The lowest BCUT2D eigenvalue weighted by molar-refractivity contribution is -0.134. The zero-order valence-electron chi connectivity index (χ0n) is 16.8. The first-order valence-corrected chi connectivity index (χ1v) is 11.2.